The number of carbonyl (C=O) groups is 1. The molecule has 0 atom stereocenters. The molecule has 0 spiro atoms. The predicted octanol–water partition coefficient (Wildman–Crippen LogP) is 1.40. The smallest absolute Gasteiger partial charge is 0.321 e. The van der Waals surface area contributed by atoms with E-state index in [1.54, 1.807) is 6.92 Å². The van der Waals surface area contributed by atoms with Crippen molar-refractivity contribution in [1.82, 2.24) is 4.31 Å². The van der Waals surface area contributed by atoms with Crippen LogP contribution >= 0.6 is 0 Å². The molecule has 0 N–H and O–H groups in total. The monoisotopic (exact) mass is 289 g/mol. The van der Waals surface area contributed by atoms with Gasteiger partial charge in [0.25, 0.3) is 0 Å². The van der Waals surface area contributed by atoms with Gasteiger partial charge in [-0.2, -0.15) is 4.31 Å². The molecule has 19 heavy (non-hydrogen) atoms. The maximum atomic E-state index is 13.1. The molecule has 1 aromatic rings. The van der Waals surface area contributed by atoms with Crippen molar-refractivity contribution >= 4 is 16.0 Å². The molecule has 1 aromatic carbocycles. The Balaban J connectivity index is 3.09. The number of benzene rings is 1. The number of nitrogens with zero attached hydrogens (tertiary/aromatic N) is 1. The third kappa shape index (κ3) is 4.00. The fourth-order valence-electron chi connectivity index (χ4n) is 1.52. The number of esters is 1. The van der Waals surface area contributed by atoms with E-state index >= 15 is 0 Å². The van der Waals surface area contributed by atoms with Crippen molar-refractivity contribution < 1.29 is 22.3 Å². The van der Waals surface area contributed by atoms with Crippen LogP contribution in [0.4, 0.5) is 4.39 Å². The van der Waals surface area contributed by atoms with Crippen LogP contribution in [0.15, 0.2) is 29.2 Å². The Labute approximate surface area is 112 Å². The molecule has 0 aliphatic carbocycles. The summed E-state index contributed by atoms with van der Waals surface area (Å²) >= 11 is 0. The van der Waals surface area contributed by atoms with Crippen LogP contribution in [0.3, 0.4) is 0 Å². The SMILES string of the molecule is CCCN(CC(=O)OC)S(=O)(=O)c1cccc(F)c1. The van der Waals surface area contributed by atoms with Crippen LogP contribution in [0.25, 0.3) is 0 Å². The van der Waals surface area contributed by atoms with Gasteiger partial charge in [-0.25, -0.2) is 12.8 Å². The minimum atomic E-state index is -3.90. The van der Waals surface area contributed by atoms with E-state index in [4.69, 9.17) is 0 Å². The van der Waals surface area contributed by atoms with E-state index in [2.05, 4.69) is 4.74 Å². The summed E-state index contributed by atoms with van der Waals surface area (Å²) in [6.07, 6.45) is 0.533. The van der Waals surface area contributed by atoms with Gasteiger partial charge in [0.15, 0.2) is 0 Å². The fourth-order valence-corrected chi connectivity index (χ4v) is 3.03. The summed E-state index contributed by atoms with van der Waals surface area (Å²) in [5.41, 5.74) is 0. The van der Waals surface area contributed by atoms with Gasteiger partial charge in [-0.15, -0.1) is 0 Å². The number of rotatable bonds is 6. The highest BCUT2D eigenvalue weighted by Crippen LogP contribution is 2.17. The first-order valence-corrected chi connectivity index (χ1v) is 7.18. The van der Waals surface area contributed by atoms with E-state index in [0.717, 1.165) is 16.4 Å². The van der Waals surface area contributed by atoms with Crippen molar-refractivity contribution in [3.05, 3.63) is 30.1 Å². The first kappa shape index (κ1) is 15.6. The van der Waals surface area contributed by atoms with E-state index in [0.29, 0.717) is 6.42 Å². The van der Waals surface area contributed by atoms with Crippen LogP contribution in [0, 0.1) is 5.82 Å². The number of hydrogen-bond donors (Lipinski definition) is 0. The maximum Gasteiger partial charge on any atom is 0.321 e. The van der Waals surface area contributed by atoms with Gasteiger partial charge in [0.1, 0.15) is 12.4 Å². The minimum absolute atomic E-state index is 0.161. The Bertz CT molecular complexity index is 544. The third-order valence-corrected chi connectivity index (χ3v) is 4.28. The molecule has 0 aromatic heterocycles. The Morgan fingerprint density at radius 1 is 1.42 bits per heavy atom. The number of halogens is 1. The normalized spacial score (nSPS) is 11.6. The summed E-state index contributed by atoms with van der Waals surface area (Å²) in [6.45, 7) is 1.56. The number of carbonyl (C=O) groups excluding carboxylic acids is 1. The summed E-state index contributed by atoms with van der Waals surface area (Å²) in [5, 5.41) is 0. The largest absolute Gasteiger partial charge is 0.468 e. The Hall–Kier alpha value is -1.47. The summed E-state index contributed by atoms with van der Waals surface area (Å²) in [4.78, 5) is 11.1. The zero-order valence-corrected chi connectivity index (χ0v) is 11.6. The molecular formula is C12H16FNO4S. The molecule has 106 valence electrons. The Morgan fingerprint density at radius 3 is 2.63 bits per heavy atom. The van der Waals surface area contributed by atoms with Crippen LogP contribution < -0.4 is 0 Å². The molecule has 0 bridgehead atoms. The molecular weight excluding hydrogens is 273 g/mol. The van der Waals surface area contributed by atoms with Crippen LogP contribution in [-0.2, 0) is 19.6 Å². The molecule has 0 heterocycles. The van der Waals surface area contributed by atoms with Crippen molar-refractivity contribution in [1.29, 1.82) is 0 Å². The zero-order valence-electron chi connectivity index (χ0n) is 10.8. The fraction of sp³-hybridized carbons (Fsp3) is 0.417. The summed E-state index contributed by atoms with van der Waals surface area (Å²) in [6, 6.07) is 4.68. The van der Waals surface area contributed by atoms with Gasteiger partial charge >= 0.3 is 5.97 Å². The van der Waals surface area contributed by atoms with Gasteiger partial charge in [-0.3, -0.25) is 4.79 Å². The molecule has 7 heteroatoms. The zero-order chi connectivity index (χ0) is 14.5. The molecule has 0 radical (unpaired) electrons. The first-order valence-electron chi connectivity index (χ1n) is 5.74. The number of sulfonamides is 1. The third-order valence-electron chi connectivity index (χ3n) is 2.44. The van der Waals surface area contributed by atoms with Crippen molar-refractivity contribution in [3.63, 3.8) is 0 Å². The lowest BCUT2D eigenvalue weighted by molar-refractivity contribution is -0.140. The van der Waals surface area contributed by atoms with Crippen LogP contribution in [0.2, 0.25) is 0 Å². The highest BCUT2D eigenvalue weighted by atomic mass is 32.2. The van der Waals surface area contributed by atoms with Crippen molar-refractivity contribution in [3.8, 4) is 0 Å². The second-order valence-electron chi connectivity index (χ2n) is 3.87. The van der Waals surface area contributed by atoms with E-state index in [-0.39, 0.29) is 18.0 Å². The van der Waals surface area contributed by atoms with Crippen molar-refractivity contribution in [2.45, 2.75) is 18.2 Å². The highest BCUT2D eigenvalue weighted by Gasteiger charge is 2.26. The van der Waals surface area contributed by atoms with Gasteiger partial charge in [-0.05, 0) is 24.6 Å². The van der Waals surface area contributed by atoms with Crippen LogP contribution in [-0.4, -0.2) is 38.9 Å². The molecule has 5 nitrogen and oxygen atoms in total. The molecule has 0 saturated heterocycles. The second-order valence-corrected chi connectivity index (χ2v) is 5.81. The first-order chi connectivity index (χ1) is 8.91. The lowest BCUT2D eigenvalue weighted by Crippen LogP contribution is -2.36. The molecule has 0 aliphatic heterocycles. The van der Waals surface area contributed by atoms with Gasteiger partial charge in [0, 0.05) is 6.54 Å². The second kappa shape index (κ2) is 6.63. The number of hydrogen-bond acceptors (Lipinski definition) is 4. The lowest BCUT2D eigenvalue weighted by Gasteiger charge is -2.20. The lowest BCUT2D eigenvalue weighted by atomic mass is 10.4. The highest BCUT2D eigenvalue weighted by molar-refractivity contribution is 7.89. The topological polar surface area (TPSA) is 63.7 Å². The number of ether oxygens (including phenoxy) is 1. The van der Waals surface area contributed by atoms with Crippen molar-refractivity contribution in [2.75, 3.05) is 20.2 Å². The van der Waals surface area contributed by atoms with E-state index in [1.807, 2.05) is 0 Å². The molecule has 1 rings (SSSR count). The quantitative estimate of drug-likeness (QED) is 0.743. The average Bonchev–Trinajstić information content (AvgIpc) is 2.38. The van der Waals surface area contributed by atoms with Crippen molar-refractivity contribution in [2.24, 2.45) is 0 Å². The summed E-state index contributed by atoms with van der Waals surface area (Å²) in [7, 11) is -2.72. The molecule has 0 aliphatic rings. The van der Waals surface area contributed by atoms with Gasteiger partial charge < -0.3 is 4.74 Å². The average molecular weight is 289 g/mol. The molecule has 0 fully saturated rings. The molecule has 0 amide bonds. The predicted molar refractivity (Wildman–Crippen MR) is 67.5 cm³/mol. The van der Waals surface area contributed by atoms with Crippen LogP contribution in [0.5, 0.6) is 0 Å². The Morgan fingerprint density at radius 2 is 2.11 bits per heavy atom. The van der Waals surface area contributed by atoms with E-state index in [9.17, 15) is 17.6 Å². The van der Waals surface area contributed by atoms with Gasteiger partial charge in [0.2, 0.25) is 10.0 Å². The summed E-state index contributed by atoms with van der Waals surface area (Å²) < 4.78 is 43.1. The van der Waals surface area contributed by atoms with Gasteiger partial charge in [-0.1, -0.05) is 13.0 Å². The standard InChI is InChI=1S/C12H16FNO4S/c1-3-7-14(9-12(15)18-2)19(16,17)11-6-4-5-10(13)8-11/h4-6,8H,3,7,9H2,1-2H3. The van der Waals surface area contributed by atoms with Crippen LogP contribution in [0.1, 0.15) is 13.3 Å². The molecule has 0 unspecified atom stereocenters. The number of methoxy groups -OCH3 is 1. The molecule has 0 saturated carbocycles. The maximum absolute atomic E-state index is 13.1. The Kier molecular flexibility index (Phi) is 5.44. The van der Waals surface area contributed by atoms with Gasteiger partial charge in [0.05, 0.1) is 12.0 Å². The van der Waals surface area contributed by atoms with E-state index < -0.39 is 21.8 Å². The van der Waals surface area contributed by atoms with E-state index in [1.165, 1.54) is 19.2 Å². The minimum Gasteiger partial charge on any atom is -0.468 e. The summed E-state index contributed by atoms with van der Waals surface area (Å²) in [5.74, 6) is -1.30.